The summed E-state index contributed by atoms with van der Waals surface area (Å²) in [7, 11) is 31.8. The first kappa shape index (κ1) is 115. The molecule has 0 spiro atoms. The average Bonchev–Trinajstić information content (AvgIpc) is 1.61. The Hall–Kier alpha value is -15.8. The maximum absolute atomic E-state index is 13.0. The highest BCUT2D eigenvalue weighted by Crippen LogP contribution is 2.57. The molecule has 0 radical (unpaired) electrons. The Labute approximate surface area is 850 Å². The highest BCUT2D eigenvalue weighted by atomic mass is 16.7. The summed E-state index contributed by atoms with van der Waals surface area (Å²) in [6.45, 7) is 4.79. The number of carbonyl (C=O) groups is 8. The molecule has 41 nitrogen and oxygen atoms in total. The van der Waals surface area contributed by atoms with Crippen molar-refractivity contribution in [1.82, 2.24) is 19.6 Å². The second-order valence-corrected chi connectivity index (χ2v) is 33.5. The number of hydrogen-bond acceptors (Lipinski definition) is 37. The molecule has 4 atom stereocenters. The van der Waals surface area contributed by atoms with E-state index in [1.165, 1.54) is 150 Å². The van der Waals surface area contributed by atoms with Crippen LogP contribution in [-0.2, 0) is 87.5 Å². The van der Waals surface area contributed by atoms with Gasteiger partial charge in [-0.25, -0.2) is 19.2 Å². The van der Waals surface area contributed by atoms with Crippen molar-refractivity contribution in [3.8, 4) is 136 Å². The maximum atomic E-state index is 13.0. The Bertz CT molecular complexity index is 6350. The number of amides is 4. The molecule has 8 aromatic rings. The van der Waals surface area contributed by atoms with Gasteiger partial charge < -0.3 is 138 Å². The largest absolute Gasteiger partial charge is 0.493 e. The standard InChI is InChI=1S/C28H35NO9.C27H33NO10.C26H31NO9.C25H29NO9/c1-16(2)12-24(31)37-15-38-28(32)29(3)20-10-8-17-13-23(34-5)26(35-6)27(36-7)25(17)18-9-11-22(33-4)21(30)14-19(18)20;1-28(27(31)38-15-37-23(30)11-12-32-2)19-9-7-16-13-22(34-4)25(35-5)26(36-6)24(16)17-8-10-21(33-3)20(29)14-18(17)19;1-7-22(29)35-14-36-26(30)27(2)18-10-8-15-12-21(32-4)24(33-5)25(34-6)23(15)16-9-11-20(31-3)19(28)13-17(16)18;1-14(27)34-13-35-25(29)26(2)18-9-7-15-11-21(31-4)23(32-5)24(33-6)22(15)16-8-10-20(30-3)19(28)12-17(16)18/h9,11,13-14,16,20H,8,10,12,15H2,1-7H3;8,10,13-14,19H,7,9,11-12,15H2,1-6H3;9,11-13,18H,7-8,10,14H2,1-6H3;8,10-12,18H,7,9,13H2,1-6H3/t20-;19-;2*18-/m0000/s1. The summed E-state index contributed by atoms with van der Waals surface area (Å²) < 4.78 is 134. The molecule has 0 saturated carbocycles. The number of nitrogens with zero attached hydrogens (tertiary/aromatic N) is 4. The summed E-state index contributed by atoms with van der Waals surface area (Å²) in [6, 6.07) is 24.5. The van der Waals surface area contributed by atoms with Crippen LogP contribution in [0.2, 0.25) is 0 Å². The molecule has 794 valence electrons. The van der Waals surface area contributed by atoms with Crippen LogP contribution in [0, 0.1) is 5.92 Å². The van der Waals surface area contributed by atoms with Gasteiger partial charge in [0.2, 0.25) is 71.9 Å². The monoisotopic (exact) mass is 2050 g/mol. The second kappa shape index (κ2) is 54.2. The van der Waals surface area contributed by atoms with Crippen molar-refractivity contribution in [2.45, 2.75) is 122 Å². The molecule has 0 saturated heterocycles. The van der Waals surface area contributed by atoms with Gasteiger partial charge in [0, 0.05) is 77.3 Å². The molecule has 0 fully saturated rings. The van der Waals surface area contributed by atoms with Crippen molar-refractivity contribution < 1.29 is 157 Å². The van der Waals surface area contributed by atoms with Crippen LogP contribution in [0.4, 0.5) is 19.2 Å². The first-order valence-electron chi connectivity index (χ1n) is 46.4. The van der Waals surface area contributed by atoms with Crippen LogP contribution in [0.3, 0.4) is 0 Å². The molecule has 0 N–H and O–H groups in total. The minimum atomic E-state index is -0.723. The Kier molecular flexibility index (Phi) is 42.3. The van der Waals surface area contributed by atoms with Crippen molar-refractivity contribution in [3.05, 3.63) is 182 Å². The highest BCUT2D eigenvalue weighted by molar-refractivity contribution is 5.88. The molecular formula is C106H128N4O37. The summed E-state index contributed by atoms with van der Waals surface area (Å²) in [5.74, 6) is 4.09. The number of fused-ring (bicyclic) bond motifs is 12. The molecule has 0 aliphatic heterocycles. The van der Waals surface area contributed by atoms with Gasteiger partial charge in [0.15, 0.2) is 69.0 Å². The fourth-order valence-electron chi connectivity index (χ4n) is 17.7. The quantitative estimate of drug-likeness (QED) is 0.0205. The molecule has 0 bridgehead atoms. The van der Waals surface area contributed by atoms with Crippen molar-refractivity contribution >= 4 is 48.3 Å². The third-order valence-corrected chi connectivity index (χ3v) is 24.8. The van der Waals surface area contributed by atoms with Crippen molar-refractivity contribution in [1.29, 1.82) is 0 Å². The van der Waals surface area contributed by atoms with Crippen LogP contribution in [0.5, 0.6) is 92.0 Å². The first-order chi connectivity index (χ1) is 70.5. The number of hydrogen-bond donors (Lipinski definition) is 0. The zero-order chi connectivity index (χ0) is 108. The number of rotatable bonds is 34. The number of aryl methyl sites for hydroxylation is 4. The Morgan fingerprint density at radius 2 is 0.524 bits per heavy atom. The van der Waals surface area contributed by atoms with Gasteiger partial charge in [-0.1, -0.05) is 45.0 Å². The molecule has 41 heteroatoms. The van der Waals surface area contributed by atoms with Crippen molar-refractivity contribution in [3.63, 3.8) is 0 Å². The molecule has 0 unspecified atom stereocenters. The number of carbonyl (C=O) groups excluding carboxylic acids is 8. The van der Waals surface area contributed by atoms with Crippen LogP contribution in [-0.4, -0.2) is 251 Å². The van der Waals surface area contributed by atoms with E-state index >= 15 is 0 Å². The summed E-state index contributed by atoms with van der Waals surface area (Å²) in [5, 5.41) is 0. The van der Waals surface area contributed by atoms with Crippen LogP contribution in [0.1, 0.15) is 141 Å². The molecule has 147 heavy (non-hydrogen) atoms. The third kappa shape index (κ3) is 26.9. The summed E-state index contributed by atoms with van der Waals surface area (Å²) in [5.41, 5.74) is 10.1. The Balaban J connectivity index is 0.000000218. The maximum Gasteiger partial charge on any atom is 0.412 e. The van der Waals surface area contributed by atoms with Crippen LogP contribution in [0.25, 0.3) is 44.5 Å². The van der Waals surface area contributed by atoms with E-state index in [-0.39, 0.29) is 76.5 Å². The summed E-state index contributed by atoms with van der Waals surface area (Å²) in [4.78, 5) is 155. The lowest BCUT2D eigenvalue weighted by molar-refractivity contribution is -0.154. The second-order valence-electron chi connectivity index (χ2n) is 33.5. The van der Waals surface area contributed by atoms with Gasteiger partial charge in [0.05, 0.1) is 151 Å². The predicted molar refractivity (Wildman–Crippen MR) is 534 cm³/mol. The van der Waals surface area contributed by atoms with E-state index in [0.29, 0.717) is 170 Å². The van der Waals surface area contributed by atoms with Gasteiger partial charge in [-0.3, -0.25) is 38.4 Å². The minimum absolute atomic E-state index is 0.0392. The molecule has 4 aliphatic rings. The van der Waals surface area contributed by atoms with E-state index in [0.717, 1.165) is 38.9 Å². The van der Waals surface area contributed by atoms with Gasteiger partial charge in [0.25, 0.3) is 0 Å². The number of benzene rings is 4. The minimum Gasteiger partial charge on any atom is -0.493 e. The normalized spacial score (nSPS) is 13.9. The van der Waals surface area contributed by atoms with Gasteiger partial charge in [-0.05, 0) is 197 Å². The van der Waals surface area contributed by atoms with E-state index < -0.39 is 99.6 Å². The Morgan fingerprint density at radius 3 is 0.735 bits per heavy atom. The molecule has 8 aromatic carbocycles. The van der Waals surface area contributed by atoms with Crippen molar-refractivity contribution in [2.75, 3.05) is 183 Å². The lowest BCUT2D eigenvalue weighted by Gasteiger charge is -2.27. The topological polar surface area (TPSA) is 449 Å². The van der Waals surface area contributed by atoms with E-state index in [9.17, 15) is 57.5 Å². The molecule has 4 amide bonds. The van der Waals surface area contributed by atoms with E-state index in [1.54, 1.807) is 105 Å². The van der Waals surface area contributed by atoms with E-state index in [2.05, 4.69) is 0 Å². The highest BCUT2D eigenvalue weighted by Gasteiger charge is 2.40. The van der Waals surface area contributed by atoms with Crippen LogP contribution < -0.4 is 97.5 Å². The van der Waals surface area contributed by atoms with Gasteiger partial charge in [0.1, 0.15) is 0 Å². The van der Waals surface area contributed by atoms with Crippen LogP contribution in [0.15, 0.2) is 116 Å². The number of methoxy groups -OCH3 is 17. The summed E-state index contributed by atoms with van der Waals surface area (Å²) in [6.07, 6.45) is 1.55. The number of ether oxygens (including phenoxy) is 25. The lowest BCUT2D eigenvalue weighted by Crippen LogP contribution is -2.33. The smallest absolute Gasteiger partial charge is 0.412 e. The van der Waals surface area contributed by atoms with Crippen LogP contribution >= 0.6 is 0 Å². The third-order valence-electron chi connectivity index (χ3n) is 24.8. The number of esters is 4. The lowest BCUT2D eigenvalue weighted by atomic mass is 9.95. The zero-order valence-electron chi connectivity index (χ0n) is 87.3. The average molecular weight is 2050 g/mol. The zero-order valence-corrected chi connectivity index (χ0v) is 87.3. The predicted octanol–water partition coefficient (Wildman–Crippen LogP) is 14.7. The fourth-order valence-corrected chi connectivity index (χ4v) is 17.7. The molecule has 0 aromatic heterocycles. The molecule has 4 aliphatic carbocycles. The van der Waals surface area contributed by atoms with Gasteiger partial charge in [-0.2, -0.15) is 0 Å². The Morgan fingerprint density at radius 1 is 0.293 bits per heavy atom. The first-order valence-corrected chi connectivity index (χ1v) is 46.4. The van der Waals surface area contributed by atoms with E-state index in [4.69, 9.17) is 118 Å². The molecular weight excluding hydrogens is 1920 g/mol. The van der Waals surface area contributed by atoms with Gasteiger partial charge >= 0.3 is 48.3 Å². The van der Waals surface area contributed by atoms with E-state index in [1.807, 2.05) is 38.1 Å². The molecule has 0 heterocycles. The SMILES string of the molecule is CCC(=O)OCOC(=O)N(C)[C@H]1CCc2cc(OC)c(OC)c(OC)c2-c2ccc(OC)c(=O)cc21.COCCC(=O)OCOC(=O)N(C)[C@H]1CCc2cc(OC)c(OC)c(OC)c2-c2ccc(OC)c(=O)cc21.COc1cc2c(c(OC)c1OC)-c1ccc(OC)c(=O)cc1[C@@H](N(C)C(=O)OCOC(=O)CC(C)C)CC2.COc1cc2c(c(OC)c1OC)-c1ccc(OC)c(=O)cc1[C@@H](N(C)C(=O)OCOC(C)=O)CC2. The van der Waals surface area contributed by atoms with Crippen molar-refractivity contribution in [2.24, 2.45) is 5.92 Å². The molecule has 12 rings (SSSR count). The fraction of sp³-hybridized carbons (Fsp3) is 0.434. The summed E-state index contributed by atoms with van der Waals surface area (Å²) >= 11 is 0. The van der Waals surface area contributed by atoms with Gasteiger partial charge in [-0.15, -0.1) is 0 Å².